The molecule has 4 rings (SSSR count). The van der Waals surface area contributed by atoms with Crippen molar-refractivity contribution in [3.63, 3.8) is 0 Å². The summed E-state index contributed by atoms with van der Waals surface area (Å²) in [5.41, 5.74) is 0. The van der Waals surface area contributed by atoms with E-state index < -0.39 is 5.81 Å². The van der Waals surface area contributed by atoms with E-state index >= 15 is 0 Å². The molecule has 0 aliphatic heterocycles. The fraction of sp³-hybridized carbons (Fsp3) is 0. The van der Waals surface area contributed by atoms with E-state index in [0.717, 1.165) is 15.9 Å². The number of thiocyanates is 1. The molecule has 148 valence electrons. The first-order valence-corrected chi connectivity index (χ1v) is 13.1. The van der Waals surface area contributed by atoms with Gasteiger partial charge in [-0.15, -0.1) is 0 Å². The van der Waals surface area contributed by atoms with Gasteiger partial charge in [0.2, 0.25) is 0 Å². The van der Waals surface area contributed by atoms with E-state index in [0.29, 0.717) is 5.30 Å². The molecule has 4 aromatic rings. The second kappa shape index (κ2) is 7.88. The predicted octanol–water partition coefficient (Wildman–Crippen LogP) is 4.38. The van der Waals surface area contributed by atoms with Gasteiger partial charge in [-0.3, -0.25) is 0 Å². The van der Waals surface area contributed by atoms with Gasteiger partial charge in [0.1, 0.15) is 0 Å². The molecule has 0 saturated carbocycles. The molecule has 0 saturated heterocycles. The summed E-state index contributed by atoms with van der Waals surface area (Å²) in [7, 11) is 0. The van der Waals surface area contributed by atoms with Crippen LogP contribution in [0.5, 0.6) is 11.5 Å². The zero-order valence-electron chi connectivity index (χ0n) is 16.1. The van der Waals surface area contributed by atoms with Crippen molar-refractivity contribution in [2.75, 3.05) is 0 Å². The van der Waals surface area contributed by atoms with Crippen molar-refractivity contribution in [1.82, 2.24) is 0 Å². The fourth-order valence-electron chi connectivity index (χ4n) is 4.14. The Bertz CT molecular complexity index is 1110. The Hall–Kier alpha value is -3.25. The molecule has 0 bridgehead atoms. The molecule has 0 amide bonds. The Kier molecular flexibility index (Phi) is 5.26. The second-order valence-electron chi connectivity index (χ2n) is 6.90. The summed E-state index contributed by atoms with van der Waals surface area (Å²) in [6.07, 6.45) is 0. The molecular formula is C25H20NO2PS. The van der Waals surface area contributed by atoms with E-state index in [9.17, 15) is 15.5 Å². The van der Waals surface area contributed by atoms with Crippen LogP contribution in [0.15, 0.2) is 109 Å². The molecule has 0 aliphatic rings. The molecule has 4 aromatic carbocycles. The second-order valence-corrected chi connectivity index (χ2v) is 14.1. The van der Waals surface area contributed by atoms with Gasteiger partial charge in [-0.05, 0) is 0 Å². The van der Waals surface area contributed by atoms with Crippen LogP contribution in [0.25, 0.3) is 0 Å². The van der Waals surface area contributed by atoms with Gasteiger partial charge in [-0.2, -0.15) is 0 Å². The van der Waals surface area contributed by atoms with E-state index in [2.05, 4.69) is 5.40 Å². The number of phenolic OH excluding ortho intramolecular Hbond substituents is 2. The maximum absolute atomic E-state index is 11.1. The fourth-order valence-corrected chi connectivity index (χ4v) is 12.8. The summed E-state index contributed by atoms with van der Waals surface area (Å²) >= 11 is 1.17. The molecular weight excluding hydrogens is 409 g/mol. The third kappa shape index (κ3) is 2.79. The van der Waals surface area contributed by atoms with Crippen LogP contribution in [0, 0.1) is 10.7 Å². The van der Waals surface area contributed by atoms with Gasteiger partial charge in [0.05, 0.1) is 0 Å². The van der Waals surface area contributed by atoms with Gasteiger partial charge in [-0.25, -0.2) is 0 Å². The standard InChI is InChI=1S/C25H20NO2PS/c26-19-30-29(21-10-4-1-5-11-21,22-12-6-2-7-13-22,23-14-8-3-9-15-23)25-18-20(27)16-17-24(25)28/h1-18,27-28H. The van der Waals surface area contributed by atoms with Gasteiger partial charge >= 0.3 is 180 Å². The van der Waals surface area contributed by atoms with E-state index in [1.54, 1.807) is 6.07 Å². The van der Waals surface area contributed by atoms with E-state index in [1.807, 2.05) is 91.0 Å². The van der Waals surface area contributed by atoms with Crippen LogP contribution >= 0.6 is 17.2 Å². The van der Waals surface area contributed by atoms with E-state index in [4.69, 9.17) is 0 Å². The Morgan fingerprint density at radius 2 is 1.07 bits per heavy atom. The molecule has 0 aromatic heterocycles. The summed E-state index contributed by atoms with van der Waals surface area (Å²) in [5.74, 6) is -3.72. The Labute approximate surface area is 179 Å². The van der Waals surface area contributed by atoms with Crippen molar-refractivity contribution < 1.29 is 10.2 Å². The summed E-state index contributed by atoms with van der Waals surface area (Å²) < 4.78 is 0. The number of hydrogen-bond donors (Lipinski definition) is 2. The molecule has 0 heterocycles. The predicted molar refractivity (Wildman–Crippen MR) is 128 cm³/mol. The van der Waals surface area contributed by atoms with Crippen molar-refractivity contribution in [2.45, 2.75) is 0 Å². The Balaban J connectivity index is 2.36. The van der Waals surface area contributed by atoms with Crippen LogP contribution in [0.4, 0.5) is 0 Å². The maximum atomic E-state index is 11.1. The number of phenols is 2. The SMILES string of the molecule is N#CSP(c1ccccc1)(c1ccccc1)(c1ccccc1)c1cc(O)ccc1O. The van der Waals surface area contributed by atoms with Crippen LogP contribution in [0.1, 0.15) is 0 Å². The first kappa shape index (κ1) is 20.0. The van der Waals surface area contributed by atoms with Gasteiger partial charge in [-0.1, -0.05) is 0 Å². The van der Waals surface area contributed by atoms with Crippen molar-refractivity contribution >= 4 is 38.4 Å². The van der Waals surface area contributed by atoms with Gasteiger partial charge in [0.25, 0.3) is 0 Å². The molecule has 0 aliphatic carbocycles. The number of rotatable bonds is 5. The van der Waals surface area contributed by atoms with Gasteiger partial charge in [0.15, 0.2) is 0 Å². The Morgan fingerprint density at radius 1 is 0.633 bits per heavy atom. The molecule has 3 nitrogen and oxygen atoms in total. The van der Waals surface area contributed by atoms with Crippen molar-refractivity contribution in [2.24, 2.45) is 0 Å². The van der Waals surface area contributed by atoms with Crippen LogP contribution in [-0.2, 0) is 0 Å². The summed E-state index contributed by atoms with van der Waals surface area (Å²) in [6, 6.07) is 34.1. The third-order valence-electron chi connectivity index (χ3n) is 5.39. The summed E-state index contributed by atoms with van der Waals surface area (Å²) in [4.78, 5) is 0. The van der Waals surface area contributed by atoms with Crippen molar-refractivity contribution in [3.8, 4) is 16.9 Å². The van der Waals surface area contributed by atoms with Crippen LogP contribution in [0.2, 0.25) is 0 Å². The normalized spacial score (nSPS) is 12.4. The van der Waals surface area contributed by atoms with Gasteiger partial charge in [0, 0.05) is 0 Å². The number of benzene rings is 4. The third-order valence-corrected chi connectivity index (χ3v) is 14.8. The summed E-state index contributed by atoms with van der Waals surface area (Å²) in [5, 5.41) is 37.5. The van der Waals surface area contributed by atoms with E-state index in [-0.39, 0.29) is 11.5 Å². The molecule has 0 radical (unpaired) electrons. The topological polar surface area (TPSA) is 64.2 Å². The monoisotopic (exact) mass is 429 g/mol. The summed E-state index contributed by atoms with van der Waals surface area (Å²) in [6.45, 7) is 0. The first-order valence-electron chi connectivity index (χ1n) is 9.42. The van der Waals surface area contributed by atoms with Crippen molar-refractivity contribution in [1.29, 1.82) is 5.26 Å². The molecule has 0 unspecified atom stereocenters. The van der Waals surface area contributed by atoms with Gasteiger partial charge < -0.3 is 0 Å². The zero-order chi connectivity index (χ0) is 21.1. The molecule has 0 fully saturated rings. The average molecular weight is 429 g/mol. The average Bonchev–Trinajstić information content (AvgIpc) is 2.81. The molecule has 2 N–H and O–H groups in total. The molecule has 0 spiro atoms. The molecule has 30 heavy (non-hydrogen) atoms. The van der Waals surface area contributed by atoms with Crippen LogP contribution in [0.3, 0.4) is 0 Å². The quantitative estimate of drug-likeness (QED) is 0.281. The number of aromatic hydroxyl groups is 2. The number of nitriles is 1. The minimum absolute atomic E-state index is 0.0399. The van der Waals surface area contributed by atoms with Crippen molar-refractivity contribution in [3.05, 3.63) is 109 Å². The Morgan fingerprint density at radius 3 is 1.47 bits per heavy atom. The first-order chi connectivity index (χ1) is 14.6. The number of hydrogen-bond acceptors (Lipinski definition) is 4. The van der Waals surface area contributed by atoms with Crippen LogP contribution in [-0.4, -0.2) is 10.2 Å². The zero-order valence-corrected chi connectivity index (χ0v) is 17.8. The number of nitrogens with zero attached hydrogens (tertiary/aromatic N) is 1. The molecule has 0 atom stereocenters. The van der Waals surface area contributed by atoms with Crippen LogP contribution < -0.4 is 21.2 Å². The molecule has 5 heteroatoms. The minimum atomic E-state index is -3.81. The van der Waals surface area contributed by atoms with E-state index in [1.165, 1.54) is 23.5 Å².